The van der Waals surface area contributed by atoms with Gasteiger partial charge in [0.1, 0.15) is 0 Å². The van der Waals surface area contributed by atoms with Gasteiger partial charge in [-0.2, -0.15) is 0 Å². The van der Waals surface area contributed by atoms with Crippen molar-refractivity contribution < 1.29 is 0 Å². The van der Waals surface area contributed by atoms with Crippen LogP contribution in [0.2, 0.25) is 0 Å². The lowest BCUT2D eigenvalue weighted by molar-refractivity contribution is 0.905. The number of unbranched alkanes of at least 4 members (excludes halogenated alkanes) is 2. The molecule has 0 aromatic rings. The zero-order chi connectivity index (χ0) is 6.24. The molecule has 0 unspecified atom stereocenters. The predicted octanol–water partition coefficient (Wildman–Crippen LogP) is 1.18. The average Bonchev–Trinajstić information content (AvgIpc) is 1.81. The molecule has 0 aromatic carbocycles. The molecule has 0 radical (unpaired) electrons. The van der Waals surface area contributed by atoms with E-state index in [1.54, 1.807) is 0 Å². The number of hydrogen-bond donors (Lipinski definition) is 0. The van der Waals surface area contributed by atoms with Gasteiger partial charge < -0.3 is 0 Å². The smallest absolute Gasteiger partial charge is 0.114 e. The average molecular weight is 110 g/mol. The van der Waals surface area contributed by atoms with E-state index >= 15 is 0 Å². The van der Waals surface area contributed by atoms with Crippen molar-refractivity contribution in [2.45, 2.75) is 19.3 Å². The number of allylic oxidation sites excluding steroid dienone is 1. The first kappa shape index (κ1) is 7.19. The SMILES string of the molecule is C=CCCCC=[N+]=C. The third-order valence-corrected chi connectivity index (χ3v) is 0.871. The first-order chi connectivity index (χ1) is 3.91. The quantitative estimate of drug-likeness (QED) is 0.223. The Morgan fingerprint density at radius 1 is 1.38 bits per heavy atom. The zero-order valence-corrected chi connectivity index (χ0v) is 5.14. The molecule has 0 N–H and O–H groups in total. The van der Waals surface area contributed by atoms with E-state index in [1.165, 1.54) is 0 Å². The maximum absolute atomic E-state index is 3.60. The maximum atomic E-state index is 3.60. The summed E-state index contributed by atoms with van der Waals surface area (Å²) < 4.78 is 3.60. The van der Waals surface area contributed by atoms with Gasteiger partial charge in [-0.1, -0.05) is 6.08 Å². The van der Waals surface area contributed by atoms with Crippen molar-refractivity contribution in [2.24, 2.45) is 0 Å². The topological polar surface area (TPSA) is 14.1 Å². The number of nitrogens with zero attached hydrogens (tertiary/aromatic N) is 1. The van der Waals surface area contributed by atoms with Crippen LogP contribution >= 0.6 is 0 Å². The van der Waals surface area contributed by atoms with E-state index in [2.05, 4.69) is 18.0 Å². The fraction of sp³-hybridized carbons (Fsp3) is 0.429. The summed E-state index contributed by atoms with van der Waals surface area (Å²) in [4.78, 5) is 0. The van der Waals surface area contributed by atoms with Gasteiger partial charge in [0.2, 0.25) is 0 Å². The van der Waals surface area contributed by atoms with Gasteiger partial charge >= 0.3 is 0 Å². The first-order valence-corrected chi connectivity index (χ1v) is 2.80. The molecule has 0 aromatic heterocycles. The summed E-state index contributed by atoms with van der Waals surface area (Å²) in [5.74, 6) is 0. The van der Waals surface area contributed by atoms with Gasteiger partial charge in [0, 0.05) is 6.42 Å². The highest BCUT2D eigenvalue weighted by Crippen LogP contribution is 1.90. The molecule has 0 fully saturated rings. The standard InChI is InChI=1S/C7H12N/c1-3-4-5-6-7-8-2/h3,7H,1-2,4-6H2/q+1. The van der Waals surface area contributed by atoms with Gasteiger partial charge in [-0.15, -0.1) is 11.2 Å². The van der Waals surface area contributed by atoms with Crippen LogP contribution in [0, 0.1) is 0 Å². The highest BCUT2D eigenvalue weighted by atomic mass is 14.5. The van der Waals surface area contributed by atoms with Crippen molar-refractivity contribution in [1.29, 1.82) is 0 Å². The number of hydrogen-bond acceptors (Lipinski definition) is 0. The highest BCUT2D eigenvalue weighted by molar-refractivity contribution is 5.57. The fourth-order valence-electron chi connectivity index (χ4n) is 0.445. The molecule has 0 aliphatic rings. The fourth-order valence-corrected chi connectivity index (χ4v) is 0.445. The second-order valence-corrected chi connectivity index (χ2v) is 1.58. The molecule has 0 heterocycles. The summed E-state index contributed by atoms with van der Waals surface area (Å²) in [5.41, 5.74) is 0. The molecule has 44 valence electrons. The van der Waals surface area contributed by atoms with Crippen LogP contribution in [0.1, 0.15) is 19.3 Å². The van der Waals surface area contributed by atoms with Crippen molar-refractivity contribution in [1.82, 2.24) is 4.67 Å². The molecule has 0 bridgehead atoms. The third kappa shape index (κ3) is 5.19. The van der Waals surface area contributed by atoms with E-state index in [-0.39, 0.29) is 0 Å². The lowest BCUT2D eigenvalue weighted by Crippen LogP contribution is -1.77. The molecule has 8 heavy (non-hydrogen) atoms. The molecule has 0 spiro atoms. The summed E-state index contributed by atoms with van der Waals surface area (Å²) in [5, 5.41) is 0. The monoisotopic (exact) mass is 110 g/mol. The van der Waals surface area contributed by atoms with Crippen LogP contribution in [0.15, 0.2) is 12.7 Å². The Balaban J connectivity index is 2.93. The molecular formula is C7H12N+. The Kier molecular flexibility index (Phi) is 5.56. The second-order valence-electron chi connectivity index (χ2n) is 1.58. The third-order valence-electron chi connectivity index (χ3n) is 0.871. The van der Waals surface area contributed by atoms with Crippen LogP contribution < -0.4 is 4.67 Å². The van der Waals surface area contributed by atoms with Gasteiger partial charge in [0.15, 0.2) is 0 Å². The van der Waals surface area contributed by atoms with Gasteiger partial charge in [0.25, 0.3) is 12.9 Å². The van der Waals surface area contributed by atoms with Crippen molar-refractivity contribution in [3.8, 4) is 0 Å². The van der Waals surface area contributed by atoms with Crippen LogP contribution in [0.5, 0.6) is 0 Å². The Bertz CT molecular complexity index is 99.0. The van der Waals surface area contributed by atoms with E-state index in [0.717, 1.165) is 19.3 Å². The minimum absolute atomic E-state index is 1.02. The van der Waals surface area contributed by atoms with Crippen LogP contribution in [0.4, 0.5) is 0 Å². The Morgan fingerprint density at radius 2 is 2.12 bits per heavy atom. The minimum Gasteiger partial charge on any atom is -0.114 e. The van der Waals surface area contributed by atoms with Gasteiger partial charge in [-0.05, 0) is 12.8 Å². The summed E-state index contributed by atoms with van der Waals surface area (Å²) in [6.45, 7) is 6.93. The molecule has 0 atom stereocenters. The second kappa shape index (κ2) is 6.19. The minimum atomic E-state index is 1.02. The molecule has 0 saturated heterocycles. The van der Waals surface area contributed by atoms with Crippen LogP contribution in [-0.4, -0.2) is 12.9 Å². The molecule has 1 nitrogen and oxygen atoms in total. The molecule has 0 aliphatic carbocycles. The van der Waals surface area contributed by atoms with E-state index in [0.29, 0.717) is 0 Å². The summed E-state index contributed by atoms with van der Waals surface area (Å²) in [6, 6.07) is 0. The van der Waals surface area contributed by atoms with E-state index < -0.39 is 0 Å². The maximum Gasteiger partial charge on any atom is 0.268 e. The lowest BCUT2D eigenvalue weighted by atomic mass is 10.2. The Morgan fingerprint density at radius 3 is 2.62 bits per heavy atom. The molecule has 0 aliphatic heterocycles. The van der Waals surface area contributed by atoms with E-state index in [4.69, 9.17) is 0 Å². The summed E-state index contributed by atoms with van der Waals surface area (Å²) in [7, 11) is 0. The predicted molar refractivity (Wildman–Crippen MR) is 39.4 cm³/mol. The van der Waals surface area contributed by atoms with E-state index in [1.807, 2.05) is 12.3 Å². The molecule has 0 amide bonds. The number of rotatable bonds is 4. The van der Waals surface area contributed by atoms with Gasteiger partial charge in [-0.3, -0.25) is 0 Å². The van der Waals surface area contributed by atoms with E-state index in [9.17, 15) is 0 Å². The lowest BCUT2D eigenvalue weighted by Gasteiger charge is -1.79. The van der Waals surface area contributed by atoms with Gasteiger partial charge in [-0.25, -0.2) is 0 Å². The van der Waals surface area contributed by atoms with Gasteiger partial charge in [0.05, 0.1) is 0 Å². The summed E-state index contributed by atoms with van der Waals surface area (Å²) in [6.07, 6.45) is 6.98. The largest absolute Gasteiger partial charge is 0.268 e. The van der Waals surface area contributed by atoms with Crippen LogP contribution in [-0.2, 0) is 0 Å². The first-order valence-electron chi connectivity index (χ1n) is 2.80. The van der Waals surface area contributed by atoms with Crippen LogP contribution in [0.3, 0.4) is 0 Å². The van der Waals surface area contributed by atoms with Crippen molar-refractivity contribution >= 4 is 12.9 Å². The van der Waals surface area contributed by atoms with Crippen molar-refractivity contribution in [3.63, 3.8) is 0 Å². The zero-order valence-electron chi connectivity index (χ0n) is 5.14. The molecule has 0 saturated carbocycles. The molecule has 1 heteroatoms. The molecular weight excluding hydrogens is 98.1 g/mol. The Hall–Kier alpha value is -0.810. The normalized spacial score (nSPS) is 7.50. The summed E-state index contributed by atoms with van der Waals surface area (Å²) >= 11 is 0. The Labute approximate surface area is 50.5 Å². The highest BCUT2D eigenvalue weighted by Gasteiger charge is 1.82. The van der Waals surface area contributed by atoms with Crippen molar-refractivity contribution in [3.05, 3.63) is 12.7 Å². The van der Waals surface area contributed by atoms with Crippen LogP contribution in [0.25, 0.3) is 0 Å². The molecule has 0 rings (SSSR count). The van der Waals surface area contributed by atoms with Crippen molar-refractivity contribution in [2.75, 3.05) is 0 Å².